The molecule has 0 bridgehead atoms. The van der Waals surface area contributed by atoms with Crippen LogP contribution in [0.2, 0.25) is 0 Å². The van der Waals surface area contributed by atoms with E-state index in [-0.39, 0.29) is 23.9 Å². The fraction of sp³-hybridized carbons (Fsp3) is 0.579. The molecule has 4 amide bonds. The fourth-order valence-electron chi connectivity index (χ4n) is 4.69. The van der Waals surface area contributed by atoms with Gasteiger partial charge in [0, 0.05) is 18.0 Å². The van der Waals surface area contributed by atoms with E-state index in [1.54, 1.807) is 0 Å². The van der Waals surface area contributed by atoms with Gasteiger partial charge in [-0.3, -0.25) is 19.6 Å². The van der Waals surface area contributed by atoms with Crippen LogP contribution in [0.15, 0.2) is 6.07 Å². The van der Waals surface area contributed by atoms with Crippen molar-refractivity contribution in [3.8, 4) is 0 Å². The highest BCUT2D eigenvalue weighted by molar-refractivity contribution is 7.20. The molecule has 1 unspecified atom stereocenters. The molecule has 8 nitrogen and oxygen atoms in total. The van der Waals surface area contributed by atoms with Gasteiger partial charge in [-0.2, -0.15) is 5.10 Å². The average Bonchev–Trinajstić information content (AvgIpc) is 3.41. The maximum absolute atomic E-state index is 12.8. The summed E-state index contributed by atoms with van der Waals surface area (Å²) in [5.41, 5.74) is 0.958. The van der Waals surface area contributed by atoms with Crippen LogP contribution in [0.25, 0.3) is 10.2 Å². The molecule has 0 aromatic carbocycles. The van der Waals surface area contributed by atoms with Crippen molar-refractivity contribution in [2.75, 3.05) is 6.54 Å². The van der Waals surface area contributed by atoms with Gasteiger partial charge in [0.05, 0.1) is 16.6 Å². The number of thiophene rings is 1. The summed E-state index contributed by atoms with van der Waals surface area (Å²) in [5.74, 6) is -0.415. The van der Waals surface area contributed by atoms with Crippen LogP contribution in [0.4, 0.5) is 4.79 Å². The van der Waals surface area contributed by atoms with E-state index in [4.69, 9.17) is 5.10 Å². The molecule has 2 N–H and O–H groups in total. The number of carbonyl (C=O) groups is 3. The van der Waals surface area contributed by atoms with E-state index >= 15 is 0 Å². The number of hydrogen-bond acceptors (Lipinski definition) is 5. The zero-order valence-corrected chi connectivity index (χ0v) is 16.6. The number of nitrogens with zero attached hydrogens (tertiary/aromatic N) is 3. The minimum Gasteiger partial charge on any atom is -0.347 e. The number of rotatable bonds is 3. The van der Waals surface area contributed by atoms with Gasteiger partial charge in [0.1, 0.15) is 10.9 Å². The first-order valence-corrected chi connectivity index (χ1v) is 10.7. The molecule has 3 fully saturated rings. The molecule has 148 valence electrons. The quantitative estimate of drug-likeness (QED) is 0.772. The van der Waals surface area contributed by atoms with Crippen LogP contribution in [0.5, 0.6) is 0 Å². The summed E-state index contributed by atoms with van der Waals surface area (Å²) in [6.07, 6.45) is 6.50. The predicted octanol–water partition coefficient (Wildman–Crippen LogP) is 2.33. The highest BCUT2D eigenvalue weighted by Crippen LogP contribution is 2.35. The topological polar surface area (TPSA) is 96.3 Å². The summed E-state index contributed by atoms with van der Waals surface area (Å²) >= 11 is 1.48. The molecular weight excluding hydrogens is 378 g/mol. The molecule has 5 rings (SSSR count). The van der Waals surface area contributed by atoms with Crippen molar-refractivity contribution in [3.63, 3.8) is 0 Å². The molecule has 2 atom stereocenters. The summed E-state index contributed by atoms with van der Waals surface area (Å²) in [5, 5.41) is 11.1. The molecule has 4 heterocycles. The third kappa shape index (κ3) is 2.80. The van der Waals surface area contributed by atoms with Gasteiger partial charge in [0.15, 0.2) is 0 Å². The Labute approximate surface area is 166 Å². The number of amides is 4. The molecule has 2 aromatic heterocycles. The highest BCUT2D eigenvalue weighted by atomic mass is 32.1. The minimum absolute atomic E-state index is 0.144. The van der Waals surface area contributed by atoms with Crippen LogP contribution in [0.1, 0.15) is 59.9 Å². The Balaban J connectivity index is 1.34. The SMILES string of the molecule is Cc1nn(C2CCCCC2)c2sc(C(=O)NC3C[C@H]4C(=O)NC(=O)N4C3)cc12. The molecular formula is C19H23N5O3S. The standard InChI is InChI=1S/C19H23N5O3S/c1-10-13-8-15(28-18(13)24(22-10)12-5-3-2-4-6-12)17(26)20-11-7-14-16(25)21-19(27)23(14)9-11/h8,11-12,14H,2-7,9H2,1H3,(H,20,26)(H,21,25,27)/t11?,14-/m0/s1. The first kappa shape index (κ1) is 17.7. The lowest BCUT2D eigenvalue weighted by Crippen LogP contribution is -2.39. The maximum atomic E-state index is 12.8. The zero-order valence-electron chi connectivity index (χ0n) is 15.7. The van der Waals surface area contributed by atoms with E-state index < -0.39 is 6.04 Å². The maximum Gasteiger partial charge on any atom is 0.324 e. The van der Waals surface area contributed by atoms with Crippen molar-refractivity contribution < 1.29 is 14.4 Å². The van der Waals surface area contributed by atoms with E-state index in [1.165, 1.54) is 35.5 Å². The van der Waals surface area contributed by atoms with Gasteiger partial charge in [0.2, 0.25) is 0 Å². The Bertz CT molecular complexity index is 952. The number of urea groups is 1. The molecule has 3 aliphatic rings. The molecule has 2 saturated heterocycles. The lowest BCUT2D eigenvalue weighted by molar-refractivity contribution is -0.121. The van der Waals surface area contributed by atoms with Crippen molar-refractivity contribution in [2.45, 2.75) is 63.6 Å². The van der Waals surface area contributed by atoms with Gasteiger partial charge in [-0.25, -0.2) is 4.79 Å². The van der Waals surface area contributed by atoms with Crippen LogP contribution in [0.3, 0.4) is 0 Å². The summed E-state index contributed by atoms with van der Waals surface area (Å²) < 4.78 is 2.12. The molecule has 9 heteroatoms. The molecule has 2 aliphatic heterocycles. The van der Waals surface area contributed by atoms with E-state index in [0.29, 0.717) is 23.9 Å². The number of aryl methyl sites for hydroxylation is 1. The average molecular weight is 401 g/mol. The lowest BCUT2D eigenvalue weighted by Gasteiger charge is -2.22. The lowest BCUT2D eigenvalue weighted by atomic mass is 9.96. The smallest absolute Gasteiger partial charge is 0.324 e. The molecule has 2 aromatic rings. The molecule has 28 heavy (non-hydrogen) atoms. The first-order valence-electron chi connectivity index (χ1n) is 9.92. The van der Waals surface area contributed by atoms with Gasteiger partial charge in [-0.05, 0) is 32.3 Å². The van der Waals surface area contributed by atoms with Gasteiger partial charge < -0.3 is 10.2 Å². The van der Waals surface area contributed by atoms with Crippen LogP contribution in [-0.4, -0.2) is 51.2 Å². The Morgan fingerprint density at radius 1 is 1.29 bits per heavy atom. The van der Waals surface area contributed by atoms with E-state index in [9.17, 15) is 14.4 Å². The van der Waals surface area contributed by atoms with Crippen molar-refractivity contribution in [1.29, 1.82) is 0 Å². The van der Waals surface area contributed by atoms with Gasteiger partial charge in [-0.15, -0.1) is 11.3 Å². The predicted molar refractivity (Wildman–Crippen MR) is 104 cm³/mol. The number of imide groups is 1. The number of carbonyl (C=O) groups excluding carboxylic acids is 3. The monoisotopic (exact) mass is 401 g/mol. The molecule has 1 saturated carbocycles. The summed E-state index contributed by atoms with van der Waals surface area (Å²) in [4.78, 5) is 39.6. The van der Waals surface area contributed by atoms with E-state index in [0.717, 1.165) is 28.8 Å². The van der Waals surface area contributed by atoms with Crippen LogP contribution < -0.4 is 10.6 Å². The Kier molecular flexibility index (Phi) is 4.15. The van der Waals surface area contributed by atoms with Crippen LogP contribution in [0, 0.1) is 6.92 Å². The highest BCUT2D eigenvalue weighted by Gasteiger charge is 2.46. The summed E-state index contributed by atoms with van der Waals surface area (Å²) in [6.45, 7) is 2.36. The van der Waals surface area contributed by atoms with Gasteiger partial charge in [0.25, 0.3) is 11.8 Å². The van der Waals surface area contributed by atoms with Crippen molar-refractivity contribution in [2.24, 2.45) is 0 Å². The summed E-state index contributed by atoms with van der Waals surface area (Å²) in [7, 11) is 0. The third-order valence-corrected chi connectivity index (χ3v) is 7.27. The number of fused-ring (bicyclic) bond motifs is 2. The van der Waals surface area contributed by atoms with Crippen molar-refractivity contribution in [3.05, 3.63) is 16.6 Å². The van der Waals surface area contributed by atoms with Crippen molar-refractivity contribution >= 4 is 39.4 Å². The second-order valence-electron chi connectivity index (χ2n) is 8.02. The molecule has 0 spiro atoms. The molecule has 0 radical (unpaired) electrons. The summed E-state index contributed by atoms with van der Waals surface area (Å²) in [6, 6.07) is 1.32. The normalized spacial score (nSPS) is 25.4. The van der Waals surface area contributed by atoms with Crippen LogP contribution in [-0.2, 0) is 4.79 Å². The Morgan fingerprint density at radius 2 is 2.07 bits per heavy atom. The largest absolute Gasteiger partial charge is 0.347 e. The third-order valence-electron chi connectivity index (χ3n) is 6.14. The first-order chi connectivity index (χ1) is 13.5. The fourth-order valence-corrected chi connectivity index (χ4v) is 5.82. The number of aromatic nitrogens is 2. The van der Waals surface area contributed by atoms with Crippen LogP contribution >= 0.6 is 11.3 Å². The number of nitrogens with one attached hydrogen (secondary N) is 2. The second-order valence-corrected chi connectivity index (χ2v) is 9.05. The van der Waals surface area contributed by atoms with Gasteiger partial charge >= 0.3 is 6.03 Å². The zero-order chi connectivity index (χ0) is 19.4. The molecule has 1 aliphatic carbocycles. The minimum atomic E-state index is -0.456. The second kappa shape index (κ2) is 6.58. The Morgan fingerprint density at radius 3 is 2.82 bits per heavy atom. The van der Waals surface area contributed by atoms with E-state index in [2.05, 4.69) is 15.3 Å². The van der Waals surface area contributed by atoms with E-state index in [1.807, 2.05) is 13.0 Å². The van der Waals surface area contributed by atoms with Gasteiger partial charge in [-0.1, -0.05) is 19.3 Å². The van der Waals surface area contributed by atoms with Crippen molar-refractivity contribution in [1.82, 2.24) is 25.3 Å². The Hall–Kier alpha value is -2.42. The number of hydrogen-bond donors (Lipinski definition) is 2.